The van der Waals surface area contributed by atoms with Gasteiger partial charge in [-0.1, -0.05) is 0 Å². The first-order chi connectivity index (χ1) is 10.2. The first-order valence-corrected chi connectivity index (χ1v) is 6.99. The van der Waals surface area contributed by atoms with Crippen LogP contribution in [0.5, 0.6) is 11.9 Å². The molecule has 0 N–H and O–H groups in total. The number of fused-ring (bicyclic) bond motifs is 1. The van der Waals surface area contributed by atoms with Crippen LogP contribution < -0.4 is 14.4 Å². The van der Waals surface area contributed by atoms with Crippen molar-refractivity contribution in [2.24, 2.45) is 11.3 Å². The summed E-state index contributed by atoms with van der Waals surface area (Å²) >= 11 is 0. The lowest BCUT2D eigenvalue weighted by Gasteiger charge is -2.26. The van der Waals surface area contributed by atoms with Crippen molar-refractivity contribution in [2.45, 2.75) is 0 Å². The number of nitrogens with zero attached hydrogens (tertiary/aromatic N) is 3. The van der Waals surface area contributed by atoms with E-state index in [9.17, 15) is 0 Å². The molecule has 0 radical (unpaired) electrons. The van der Waals surface area contributed by atoms with E-state index in [0.29, 0.717) is 24.4 Å². The summed E-state index contributed by atoms with van der Waals surface area (Å²) < 4.78 is 21.4. The van der Waals surface area contributed by atoms with Gasteiger partial charge in [-0.3, -0.25) is 0 Å². The van der Waals surface area contributed by atoms with Crippen molar-refractivity contribution in [1.29, 1.82) is 0 Å². The van der Waals surface area contributed by atoms with Gasteiger partial charge in [0, 0.05) is 37.6 Å². The Hall–Kier alpha value is -1.60. The van der Waals surface area contributed by atoms with Gasteiger partial charge in [-0.2, -0.15) is 9.97 Å². The van der Waals surface area contributed by atoms with Crippen molar-refractivity contribution < 1.29 is 18.9 Å². The lowest BCUT2D eigenvalue weighted by Crippen LogP contribution is -2.35. The van der Waals surface area contributed by atoms with Crippen LogP contribution in [0.15, 0.2) is 6.07 Å². The standard InChI is InChI=1S/C14H21N3O4/c1-18-8-14-7-17(5-10(14)6-21-9-14)11-4-12(19-2)16-13(15-11)20-3/h4,10H,5-9H2,1-3H3/t10-,14-/m0/s1. The van der Waals surface area contributed by atoms with Crippen molar-refractivity contribution >= 4 is 5.82 Å². The number of hydrogen-bond donors (Lipinski definition) is 0. The molecule has 7 nitrogen and oxygen atoms in total. The molecule has 2 atom stereocenters. The van der Waals surface area contributed by atoms with Gasteiger partial charge in [-0.25, -0.2) is 0 Å². The number of hydrogen-bond acceptors (Lipinski definition) is 7. The molecule has 7 heteroatoms. The maximum atomic E-state index is 5.65. The second kappa shape index (κ2) is 5.65. The van der Waals surface area contributed by atoms with E-state index >= 15 is 0 Å². The SMILES string of the molecule is COC[C@@]12COC[C@@H]1CN(c1cc(OC)nc(OC)n1)C2. The third kappa shape index (κ3) is 2.51. The molecular formula is C14H21N3O4. The summed E-state index contributed by atoms with van der Waals surface area (Å²) in [5.41, 5.74) is 0.0557. The molecule has 116 valence electrons. The summed E-state index contributed by atoms with van der Waals surface area (Å²) in [6.07, 6.45) is 0. The smallest absolute Gasteiger partial charge is 0.321 e. The van der Waals surface area contributed by atoms with E-state index < -0.39 is 0 Å². The molecule has 0 saturated carbocycles. The first kappa shape index (κ1) is 14.3. The van der Waals surface area contributed by atoms with Gasteiger partial charge in [0.1, 0.15) is 5.82 Å². The molecule has 3 heterocycles. The summed E-state index contributed by atoms with van der Waals surface area (Å²) in [6, 6.07) is 2.16. The summed E-state index contributed by atoms with van der Waals surface area (Å²) in [4.78, 5) is 10.8. The maximum absolute atomic E-state index is 5.65. The van der Waals surface area contributed by atoms with Crippen LogP contribution in [0, 0.1) is 11.3 Å². The van der Waals surface area contributed by atoms with E-state index in [1.165, 1.54) is 0 Å². The van der Waals surface area contributed by atoms with E-state index in [1.807, 2.05) is 6.07 Å². The Kier molecular flexibility index (Phi) is 3.86. The molecule has 2 saturated heterocycles. The van der Waals surface area contributed by atoms with Gasteiger partial charge in [0.15, 0.2) is 0 Å². The topological polar surface area (TPSA) is 65.9 Å². The first-order valence-electron chi connectivity index (χ1n) is 6.99. The highest BCUT2D eigenvalue weighted by Crippen LogP contribution is 2.43. The van der Waals surface area contributed by atoms with E-state index in [4.69, 9.17) is 18.9 Å². The second-order valence-electron chi connectivity index (χ2n) is 5.64. The van der Waals surface area contributed by atoms with E-state index in [2.05, 4.69) is 14.9 Å². The van der Waals surface area contributed by atoms with Crippen LogP contribution >= 0.6 is 0 Å². The van der Waals surface area contributed by atoms with Crippen LogP contribution in [0.2, 0.25) is 0 Å². The molecule has 0 aromatic carbocycles. The van der Waals surface area contributed by atoms with E-state index in [0.717, 1.165) is 32.1 Å². The number of aromatic nitrogens is 2. The minimum Gasteiger partial charge on any atom is -0.481 e. The molecule has 2 aliphatic heterocycles. The molecule has 0 bridgehead atoms. The highest BCUT2D eigenvalue weighted by atomic mass is 16.5. The van der Waals surface area contributed by atoms with Crippen molar-refractivity contribution in [3.8, 4) is 11.9 Å². The Morgan fingerprint density at radius 2 is 2.19 bits per heavy atom. The van der Waals surface area contributed by atoms with Crippen LogP contribution in [0.4, 0.5) is 5.82 Å². The van der Waals surface area contributed by atoms with Gasteiger partial charge in [0.25, 0.3) is 0 Å². The Balaban J connectivity index is 1.85. The van der Waals surface area contributed by atoms with Crippen LogP contribution in [-0.2, 0) is 9.47 Å². The van der Waals surface area contributed by atoms with Crippen LogP contribution in [0.25, 0.3) is 0 Å². The molecule has 2 aliphatic rings. The molecule has 0 aliphatic carbocycles. The Morgan fingerprint density at radius 3 is 2.90 bits per heavy atom. The molecule has 1 aromatic heterocycles. The molecule has 2 fully saturated rings. The highest BCUT2D eigenvalue weighted by molar-refractivity contribution is 5.45. The number of rotatable bonds is 5. The van der Waals surface area contributed by atoms with Gasteiger partial charge in [-0.15, -0.1) is 0 Å². The van der Waals surface area contributed by atoms with Crippen molar-refractivity contribution in [1.82, 2.24) is 9.97 Å². The normalized spacial score (nSPS) is 27.8. The molecule has 21 heavy (non-hydrogen) atoms. The summed E-state index contributed by atoms with van der Waals surface area (Å²) in [5.74, 6) is 1.79. The van der Waals surface area contributed by atoms with Crippen LogP contribution in [0.3, 0.4) is 0 Å². The Morgan fingerprint density at radius 1 is 1.33 bits per heavy atom. The average molecular weight is 295 g/mol. The molecule has 0 spiro atoms. The fourth-order valence-electron chi connectivity index (χ4n) is 3.25. The lowest BCUT2D eigenvalue weighted by atomic mass is 9.82. The van der Waals surface area contributed by atoms with E-state index in [-0.39, 0.29) is 5.41 Å². The van der Waals surface area contributed by atoms with Gasteiger partial charge in [0.05, 0.1) is 34.0 Å². The van der Waals surface area contributed by atoms with Crippen molar-refractivity contribution in [2.75, 3.05) is 59.1 Å². The van der Waals surface area contributed by atoms with Crippen molar-refractivity contribution in [3.05, 3.63) is 6.07 Å². The molecule has 0 unspecified atom stereocenters. The monoisotopic (exact) mass is 295 g/mol. The van der Waals surface area contributed by atoms with E-state index in [1.54, 1.807) is 21.3 Å². The summed E-state index contributed by atoms with van der Waals surface area (Å²) in [5, 5.41) is 0. The van der Waals surface area contributed by atoms with Gasteiger partial charge < -0.3 is 23.8 Å². The number of methoxy groups -OCH3 is 3. The van der Waals surface area contributed by atoms with Crippen LogP contribution in [0.1, 0.15) is 0 Å². The fraction of sp³-hybridized carbons (Fsp3) is 0.714. The quantitative estimate of drug-likeness (QED) is 0.787. The minimum atomic E-state index is 0.0557. The predicted octanol–water partition coefficient (Wildman–Crippen LogP) is 0.593. The predicted molar refractivity (Wildman–Crippen MR) is 76.0 cm³/mol. The molecule has 3 rings (SSSR count). The molecular weight excluding hydrogens is 274 g/mol. The molecule has 0 amide bonds. The largest absolute Gasteiger partial charge is 0.481 e. The average Bonchev–Trinajstić information content (AvgIpc) is 3.03. The second-order valence-corrected chi connectivity index (χ2v) is 5.64. The zero-order valence-electron chi connectivity index (χ0n) is 12.7. The van der Waals surface area contributed by atoms with Gasteiger partial charge in [-0.05, 0) is 0 Å². The maximum Gasteiger partial charge on any atom is 0.321 e. The zero-order valence-corrected chi connectivity index (χ0v) is 12.7. The van der Waals surface area contributed by atoms with Crippen molar-refractivity contribution in [3.63, 3.8) is 0 Å². The zero-order chi connectivity index (χ0) is 14.9. The fourth-order valence-corrected chi connectivity index (χ4v) is 3.25. The number of anilines is 1. The Bertz CT molecular complexity index is 491. The summed E-state index contributed by atoms with van der Waals surface area (Å²) in [7, 11) is 4.88. The summed E-state index contributed by atoms with van der Waals surface area (Å²) in [6.45, 7) is 3.97. The third-order valence-electron chi connectivity index (χ3n) is 4.34. The Labute approximate surface area is 124 Å². The minimum absolute atomic E-state index is 0.0557. The van der Waals surface area contributed by atoms with Crippen LogP contribution in [-0.4, -0.2) is 64.2 Å². The van der Waals surface area contributed by atoms with Gasteiger partial charge in [0.2, 0.25) is 5.88 Å². The van der Waals surface area contributed by atoms with Gasteiger partial charge >= 0.3 is 6.01 Å². The highest BCUT2D eigenvalue weighted by Gasteiger charge is 2.51. The lowest BCUT2D eigenvalue weighted by molar-refractivity contribution is 0.0660. The third-order valence-corrected chi connectivity index (χ3v) is 4.34. The molecule has 1 aromatic rings. The number of ether oxygens (including phenoxy) is 4.